The van der Waals surface area contributed by atoms with Crippen molar-refractivity contribution in [3.8, 4) is 10.4 Å². The van der Waals surface area contributed by atoms with Crippen LogP contribution in [0.2, 0.25) is 0 Å². The Kier molecular flexibility index (Phi) is 6.79. The lowest BCUT2D eigenvalue weighted by atomic mass is 10.1. The number of thiophene rings is 1. The van der Waals surface area contributed by atoms with Crippen LogP contribution in [0.5, 0.6) is 0 Å². The predicted octanol–water partition coefficient (Wildman–Crippen LogP) is 9.19. The Morgan fingerprint density at radius 3 is 1.90 bits per heavy atom. The van der Waals surface area contributed by atoms with E-state index in [9.17, 15) is 9.59 Å². The minimum Gasteiger partial charge on any atom is -0.301 e. The van der Waals surface area contributed by atoms with Gasteiger partial charge in [-0.3, -0.25) is 9.59 Å². The molecule has 0 fully saturated rings. The van der Waals surface area contributed by atoms with E-state index in [1.165, 1.54) is 11.1 Å². The van der Waals surface area contributed by atoms with Gasteiger partial charge >= 0.3 is 0 Å². The normalized spacial score (nSPS) is 12.2. The van der Waals surface area contributed by atoms with E-state index in [-0.39, 0.29) is 11.2 Å². The maximum atomic E-state index is 13.2. The Morgan fingerprint density at radius 2 is 1.22 bits per heavy atom. The van der Waals surface area contributed by atoms with E-state index in [2.05, 4.69) is 89.9 Å². The number of rotatable bonds is 5. The molecule has 9 aromatic rings. The van der Waals surface area contributed by atoms with Gasteiger partial charge in [0.1, 0.15) is 21.4 Å². The van der Waals surface area contributed by atoms with Gasteiger partial charge in [0.05, 0.1) is 11.7 Å². The van der Waals surface area contributed by atoms with E-state index < -0.39 is 10.9 Å². The van der Waals surface area contributed by atoms with E-state index in [0.717, 1.165) is 60.1 Å². The van der Waals surface area contributed by atoms with Crippen molar-refractivity contribution >= 4 is 88.6 Å². The van der Waals surface area contributed by atoms with Gasteiger partial charge in [-0.05, 0) is 61.0 Å². The second kappa shape index (κ2) is 11.4. The quantitative estimate of drug-likeness (QED) is 0.170. The fraction of sp³-hybridized carbons (Fsp3) is 0.0500. The molecule has 0 saturated carbocycles. The van der Waals surface area contributed by atoms with Gasteiger partial charge in [-0.2, -0.15) is 8.75 Å². The maximum Gasteiger partial charge on any atom is 0.252 e. The number of benzene rings is 5. The van der Waals surface area contributed by atoms with E-state index in [1.807, 2.05) is 36.4 Å². The number of fused-ring (bicyclic) bond motifs is 4. The highest BCUT2D eigenvalue weighted by atomic mass is 32.1. The van der Waals surface area contributed by atoms with Gasteiger partial charge in [-0.15, -0.1) is 11.3 Å². The van der Waals surface area contributed by atoms with E-state index in [0.29, 0.717) is 21.8 Å². The molecular formula is C40H25N5O2S2. The first-order valence-electron chi connectivity index (χ1n) is 15.7. The molecule has 0 spiro atoms. The minimum absolute atomic E-state index is 0.0796. The third-order valence-corrected chi connectivity index (χ3v) is 10.7. The average Bonchev–Trinajstić information content (AvgIpc) is 3.83. The molecule has 0 aliphatic carbocycles. The van der Waals surface area contributed by atoms with E-state index in [1.54, 1.807) is 23.6 Å². The van der Waals surface area contributed by atoms with Crippen molar-refractivity contribution in [1.82, 2.24) is 13.7 Å². The number of anilines is 3. The van der Waals surface area contributed by atoms with Gasteiger partial charge in [0.2, 0.25) is 5.43 Å². The molecule has 0 unspecified atom stereocenters. The molecule has 0 radical (unpaired) electrons. The van der Waals surface area contributed by atoms with Crippen LogP contribution in [0.4, 0.5) is 22.2 Å². The summed E-state index contributed by atoms with van der Waals surface area (Å²) in [6.07, 6.45) is 1.76. The van der Waals surface area contributed by atoms with Crippen molar-refractivity contribution in [3.63, 3.8) is 0 Å². The molecule has 9 rings (SSSR count). The van der Waals surface area contributed by atoms with Gasteiger partial charge in [-0.1, -0.05) is 83.9 Å². The van der Waals surface area contributed by atoms with Crippen LogP contribution in [0.15, 0.2) is 130 Å². The summed E-state index contributed by atoms with van der Waals surface area (Å²) in [7, 11) is 0. The molecule has 0 atom stereocenters. The van der Waals surface area contributed by atoms with Crippen molar-refractivity contribution in [2.45, 2.75) is 13.8 Å². The summed E-state index contributed by atoms with van der Waals surface area (Å²) in [4.78, 5) is 39.0. The number of hydrogen-bond acceptors (Lipinski definition) is 9. The Morgan fingerprint density at radius 1 is 0.633 bits per heavy atom. The number of aryl methyl sites for hydroxylation is 2. The molecule has 6 aromatic carbocycles. The molecule has 0 aliphatic rings. The molecule has 9 heteroatoms. The molecule has 0 bridgehead atoms. The van der Waals surface area contributed by atoms with Gasteiger partial charge in [0.25, 0.3) is 5.43 Å². The highest BCUT2D eigenvalue weighted by Gasteiger charge is 2.24. The Hall–Kier alpha value is -5.90. The largest absolute Gasteiger partial charge is 0.301 e. The Balaban J connectivity index is 1.25. The smallest absolute Gasteiger partial charge is 0.252 e. The number of aromatic nitrogens is 3. The lowest BCUT2D eigenvalue weighted by Crippen LogP contribution is -2.30. The van der Waals surface area contributed by atoms with Gasteiger partial charge in [-0.25, -0.2) is 9.98 Å². The first-order valence-corrected chi connectivity index (χ1v) is 17.3. The van der Waals surface area contributed by atoms with Crippen LogP contribution in [0, 0.1) is 13.8 Å². The van der Waals surface area contributed by atoms with E-state index in [4.69, 9.17) is 14.3 Å². The van der Waals surface area contributed by atoms with Gasteiger partial charge in [0, 0.05) is 49.6 Å². The Bertz CT molecular complexity index is 2860. The molecule has 3 heterocycles. The summed E-state index contributed by atoms with van der Waals surface area (Å²) in [5.41, 5.74) is 5.25. The standard InChI is InChI=1S/C40H25N5O2S2/c1-22-11-15-26(16-12-22)45(27-17-13-23(2)14-18-27)40-29-10-6-5-9-28(29)38(48-40)32-21-41-39(35-33(32)43-49-44-35)42-34-30-19-24-7-3-4-8-25(24)20-31(30)36(46)37(34)47/h3-21H,1-2H3. The molecule has 49 heavy (non-hydrogen) atoms. The summed E-state index contributed by atoms with van der Waals surface area (Å²) in [5, 5.41) is 6.00. The Labute approximate surface area is 287 Å². The average molecular weight is 672 g/mol. The lowest BCUT2D eigenvalue weighted by Gasteiger charge is -2.24. The van der Waals surface area contributed by atoms with Crippen LogP contribution in [-0.2, 0) is 0 Å². The molecular weight excluding hydrogens is 647 g/mol. The van der Waals surface area contributed by atoms with Crippen LogP contribution < -0.4 is 21.1 Å². The fourth-order valence-corrected chi connectivity index (χ4v) is 8.30. The summed E-state index contributed by atoms with van der Waals surface area (Å²) in [6.45, 7) is 4.18. The molecule has 0 aliphatic heterocycles. The first-order chi connectivity index (χ1) is 23.9. The van der Waals surface area contributed by atoms with Crippen molar-refractivity contribution in [2.75, 3.05) is 4.90 Å². The van der Waals surface area contributed by atoms with Crippen LogP contribution in [0.25, 0.3) is 53.8 Å². The molecule has 0 saturated heterocycles. The van der Waals surface area contributed by atoms with Crippen LogP contribution in [-0.4, -0.2) is 13.7 Å². The summed E-state index contributed by atoms with van der Waals surface area (Å²) in [5.74, 6) is 0.256. The van der Waals surface area contributed by atoms with Crippen molar-refractivity contribution in [1.29, 1.82) is 0 Å². The van der Waals surface area contributed by atoms with Crippen LogP contribution in [0.3, 0.4) is 0 Å². The monoisotopic (exact) mass is 671 g/mol. The summed E-state index contributed by atoms with van der Waals surface area (Å²) < 4.78 is 9.30. The maximum absolute atomic E-state index is 13.2. The van der Waals surface area contributed by atoms with Crippen molar-refractivity contribution in [3.05, 3.63) is 152 Å². The molecule has 0 amide bonds. The number of hydrogen-bond donors (Lipinski definition) is 0. The zero-order valence-corrected chi connectivity index (χ0v) is 28.0. The number of pyridine rings is 1. The molecule has 7 nitrogen and oxygen atoms in total. The highest BCUT2D eigenvalue weighted by molar-refractivity contribution is 7.21. The zero-order valence-electron chi connectivity index (χ0n) is 26.3. The van der Waals surface area contributed by atoms with E-state index >= 15 is 0 Å². The second-order valence-corrected chi connectivity index (χ2v) is 13.6. The lowest BCUT2D eigenvalue weighted by molar-refractivity contribution is 1.23. The highest BCUT2D eigenvalue weighted by Crippen LogP contribution is 2.50. The van der Waals surface area contributed by atoms with Crippen LogP contribution >= 0.6 is 23.1 Å². The first kappa shape index (κ1) is 29.3. The summed E-state index contributed by atoms with van der Waals surface area (Å²) >= 11 is 2.74. The van der Waals surface area contributed by atoms with Gasteiger partial charge < -0.3 is 4.90 Å². The molecule has 0 N–H and O–H groups in total. The van der Waals surface area contributed by atoms with Gasteiger partial charge in [0.15, 0.2) is 5.82 Å². The third-order valence-electron chi connectivity index (χ3n) is 8.93. The third kappa shape index (κ3) is 4.77. The zero-order chi connectivity index (χ0) is 33.2. The molecule has 3 aromatic heterocycles. The van der Waals surface area contributed by atoms with Crippen molar-refractivity contribution < 1.29 is 0 Å². The number of nitrogens with zero attached hydrogens (tertiary/aromatic N) is 5. The fourth-order valence-electron chi connectivity index (χ4n) is 6.41. The second-order valence-electron chi connectivity index (χ2n) is 12.1. The topological polar surface area (TPSA) is 88.4 Å². The van der Waals surface area contributed by atoms with Crippen molar-refractivity contribution in [2.24, 2.45) is 4.99 Å². The SMILES string of the molecule is Cc1ccc(N(c2ccc(C)cc2)c2sc(-c3cnc(N=c4c(=O)c(=O)c5cc6ccccc6cc45)c4nsnc34)c3ccccc23)cc1. The summed E-state index contributed by atoms with van der Waals surface area (Å²) in [6, 6.07) is 36.8. The van der Waals surface area contributed by atoms with Crippen LogP contribution in [0.1, 0.15) is 11.1 Å². The minimum atomic E-state index is -0.645. The molecule has 234 valence electrons. The predicted molar refractivity (Wildman–Crippen MR) is 202 cm³/mol.